The number of nitrogens with zero attached hydrogens (tertiary/aromatic N) is 8. The van der Waals surface area contributed by atoms with E-state index >= 15 is 0 Å². The molecule has 10 heteroatoms. The molecule has 1 aliphatic rings. The SMILES string of the molecule is N#Cc1cccc(CC(=O)Cc2ccc([C@H]3CCC[C@H](c4ccc(CC(=O)Cc5cccc(C#N)n5)nn4)C3)nn2)n1. The molecule has 5 rings (SSSR count). The number of Topliss-reactive ketones (excluding diaryl/α,β-unsaturated/α-hetero) is 2. The van der Waals surface area contributed by atoms with Crippen LogP contribution in [0.3, 0.4) is 0 Å². The quantitative estimate of drug-likeness (QED) is 0.280. The summed E-state index contributed by atoms with van der Waals surface area (Å²) in [6.07, 6.45) is 4.52. The Kier molecular flexibility index (Phi) is 9.05. The molecule has 0 N–H and O–H groups in total. The number of nitriles is 2. The molecular weight excluding hydrogens is 528 g/mol. The number of pyridine rings is 2. The Labute approximate surface area is 243 Å². The highest BCUT2D eigenvalue weighted by atomic mass is 16.1. The van der Waals surface area contributed by atoms with Crippen LogP contribution < -0.4 is 0 Å². The van der Waals surface area contributed by atoms with Gasteiger partial charge in [0.25, 0.3) is 0 Å². The number of ketones is 2. The summed E-state index contributed by atoms with van der Waals surface area (Å²) >= 11 is 0. The van der Waals surface area contributed by atoms with Gasteiger partial charge >= 0.3 is 0 Å². The molecule has 4 heterocycles. The molecule has 2 atom stereocenters. The van der Waals surface area contributed by atoms with E-state index in [0.717, 1.165) is 37.1 Å². The van der Waals surface area contributed by atoms with Gasteiger partial charge in [-0.2, -0.15) is 30.9 Å². The van der Waals surface area contributed by atoms with Crippen molar-refractivity contribution < 1.29 is 9.59 Å². The molecule has 0 radical (unpaired) electrons. The highest BCUT2D eigenvalue weighted by Crippen LogP contribution is 2.39. The number of hydrogen-bond donors (Lipinski definition) is 0. The van der Waals surface area contributed by atoms with E-state index in [9.17, 15) is 9.59 Å². The summed E-state index contributed by atoms with van der Waals surface area (Å²) in [6.45, 7) is 0. The van der Waals surface area contributed by atoms with Gasteiger partial charge in [-0.05, 0) is 67.8 Å². The van der Waals surface area contributed by atoms with Crippen molar-refractivity contribution in [1.82, 2.24) is 30.4 Å². The Hall–Kier alpha value is -5.22. The summed E-state index contributed by atoms with van der Waals surface area (Å²) in [5.41, 5.74) is 4.75. The second-order valence-corrected chi connectivity index (χ2v) is 10.5. The van der Waals surface area contributed by atoms with E-state index in [2.05, 4.69) is 30.4 Å². The molecule has 0 bridgehead atoms. The summed E-state index contributed by atoms with van der Waals surface area (Å²) in [7, 11) is 0. The number of hydrogen-bond acceptors (Lipinski definition) is 10. The molecule has 4 aromatic rings. The van der Waals surface area contributed by atoms with E-state index in [4.69, 9.17) is 10.5 Å². The van der Waals surface area contributed by atoms with Crippen LogP contribution >= 0.6 is 0 Å². The van der Waals surface area contributed by atoms with E-state index in [0.29, 0.717) is 34.2 Å². The van der Waals surface area contributed by atoms with Crippen LogP contribution in [0.2, 0.25) is 0 Å². The minimum Gasteiger partial charge on any atom is -0.299 e. The molecule has 0 spiro atoms. The second kappa shape index (κ2) is 13.4. The van der Waals surface area contributed by atoms with Gasteiger partial charge in [0.1, 0.15) is 35.1 Å². The van der Waals surface area contributed by atoms with Gasteiger partial charge in [-0.25, -0.2) is 9.97 Å². The lowest BCUT2D eigenvalue weighted by molar-refractivity contribution is -0.118. The van der Waals surface area contributed by atoms with Crippen LogP contribution in [0.1, 0.15) is 83.1 Å². The maximum Gasteiger partial charge on any atom is 0.144 e. The van der Waals surface area contributed by atoms with Crippen LogP contribution in [0.25, 0.3) is 0 Å². The fourth-order valence-electron chi connectivity index (χ4n) is 5.31. The van der Waals surface area contributed by atoms with Crippen LogP contribution in [-0.4, -0.2) is 41.9 Å². The Bertz CT molecular complexity index is 1530. The van der Waals surface area contributed by atoms with Gasteiger partial charge < -0.3 is 0 Å². The minimum atomic E-state index is -0.0361. The molecule has 4 aromatic heterocycles. The smallest absolute Gasteiger partial charge is 0.144 e. The average molecular weight is 557 g/mol. The molecule has 0 saturated heterocycles. The van der Waals surface area contributed by atoms with Gasteiger partial charge in [0.2, 0.25) is 0 Å². The standard InChI is InChI=1S/C32H28N8O2/c33-19-27-8-2-6-23(35-27)15-29(41)17-25-10-12-31(39-37-25)21-4-1-5-22(14-21)32-13-11-26(38-40-32)18-30(42)16-24-7-3-9-28(20-34)36-24/h2-3,6-13,21-22H,1,4-5,14-18H2/t21-,22-/m0/s1. The summed E-state index contributed by atoms with van der Waals surface area (Å²) in [5, 5.41) is 35.5. The number of carbonyl (C=O) groups excluding carboxylic acids is 2. The van der Waals surface area contributed by atoms with Gasteiger partial charge in [-0.1, -0.05) is 18.6 Å². The molecule has 0 aliphatic heterocycles. The fraction of sp³-hybridized carbons (Fsp3) is 0.312. The van der Waals surface area contributed by atoms with Crippen molar-refractivity contribution in [3.63, 3.8) is 0 Å². The van der Waals surface area contributed by atoms with Gasteiger partial charge in [0.05, 0.1) is 35.6 Å². The van der Waals surface area contributed by atoms with Crippen LogP contribution in [0.5, 0.6) is 0 Å². The van der Waals surface area contributed by atoms with Crippen LogP contribution in [0.15, 0.2) is 60.7 Å². The maximum absolute atomic E-state index is 12.5. The maximum atomic E-state index is 12.5. The van der Waals surface area contributed by atoms with Gasteiger partial charge in [-0.3, -0.25) is 9.59 Å². The summed E-state index contributed by atoms with van der Waals surface area (Å²) in [4.78, 5) is 33.4. The molecule has 10 nitrogen and oxygen atoms in total. The first-order valence-electron chi connectivity index (χ1n) is 13.9. The lowest BCUT2D eigenvalue weighted by atomic mass is 9.78. The zero-order valence-electron chi connectivity index (χ0n) is 23.0. The second-order valence-electron chi connectivity index (χ2n) is 10.5. The first-order valence-corrected chi connectivity index (χ1v) is 13.9. The number of carbonyl (C=O) groups is 2. The average Bonchev–Trinajstić information content (AvgIpc) is 3.02. The molecule has 0 amide bonds. The first kappa shape index (κ1) is 28.3. The van der Waals surface area contributed by atoms with Gasteiger partial charge in [-0.15, -0.1) is 0 Å². The van der Waals surface area contributed by atoms with Crippen molar-refractivity contribution in [1.29, 1.82) is 10.5 Å². The molecular formula is C32H28N8O2. The van der Waals surface area contributed by atoms with Crippen molar-refractivity contribution >= 4 is 11.6 Å². The lowest BCUT2D eigenvalue weighted by Gasteiger charge is -2.28. The van der Waals surface area contributed by atoms with Crippen LogP contribution in [-0.2, 0) is 35.3 Å². The minimum absolute atomic E-state index is 0.0361. The Morgan fingerprint density at radius 1 is 0.619 bits per heavy atom. The van der Waals surface area contributed by atoms with Crippen molar-refractivity contribution in [2.45, 2.75) is 63.2 Å². The van der Waals surface area contributed by atoms with E-state index in [1.807, 2.05) is 36.4 Å². The topological polar surface area (TPSA) is 159 Å². The van der Waals surface area contributed by atoms with E-state index in [1.54, 1.807) is 36.4 Å². The summed E-state index contributed by atoms with van der Waals surface area (Å²) < 4.78 is 0. The van der Waals surface area contributed by atoms with E-state index in [1.165, 1.54) is 0 Å². The van der Waals surface area contributed by atoms with Crippen molar-refractivity contribution in [3.8, 4) is 12.1 Å². The summed E-state index contributed by atoms with van der Waals surface area (Å²) in [5.74, 6) is 0.397. The first-order chi connectivity index (χ1) is 20.5. The third-order valence-corrected chi connectivity index (χ3v) is 7.35. The Balaban J connectivity index is 1.14. The van der Waals surface area contributed by atoms with Crippen LogP contribution in [0.4, 0.5) is 0 Å². The zero-order chi connectivity index (χ0) is 29.3. The third kappa shape index (κ3) is 7.49. The van der Waals surface area contributed by atoms with E-state index < -0.39 is 0 Å². The fourth-order valence-corrected chi connectivity index (χ4v) is 5.31. The molecule has 1 fully saturated rings. The molecule has 1 saturated carbocycles. The highest BCUT2D eigenvalue weighted by molar-refractivity contribution is 5.82. The third-order valence-electron chi connectivity index (χ3n) is 7.35. The molecule has 42 heavy (non-hydrogen) atoms. The largest absolute Gasteiger partial charge is 0.299 e. The van der Waals surface area contributed by atoms with E-state index in [-0.39, 0.29) is 49.1 Å². The zero-order valence-corrected chi connectivity index (χ0v) is 23.0. The normalized spacial score (nSPS) is 16.2. The summed E-state index contributed by atoms with van der Waals surface area (Å²) in [6, 6.07) is 21.7. The molecule has 0 aromatic carbocycles. The lowest BCUT2D eigenvalue weighted by Crippen LogP contribution is -2.17. The molecule has 0 unspecified atom stereocenters. The monoisotopic (exact) mass is 556 g/mol. The molecule has 208 valence electrons. The number of aromatic nitrogens is 6. The number of rotatable bonds is 10. The van der Waals surface area contributed by atoms with Crippen molar-refractivity contribution in [2.75, 3.05) is 0 Å². The Morgan fingerprint density at radius 2 is 1.07 bits per heavy atom. The van der Waals surface area contributed by atoms with Gasteiger partial charge in [0.15, 0.2) is 0 Å². The predicted octanol–water partition coefficient (Wildman–Crippen LogP) is 3.95. The van der Waals surface area contributed by atoms with Crippen molar-refractivity contribution in [2.24, 2.45) is 0 Å². The predicted molar refractivity (Wildman–Crippen MR) is 151 cm³/mol. The highest BCUT2D eigenvalue weighted by Gasteiger charge is 2.27. The molecule has 1 aliphatic carbocycles. The van der Waals surface area contributed by atoms with Crippen molar-refractivity contribution in [3.05, 3.63) is 106 Å². The van der Waals surface area contributed by atoms with Gasteiger partial charge in [0, 0.05) is 36.1 Å². The van der Waals surface area contributed by atoms with Crippen LogP contribution in [0, 0.1) is 22.7 Å². The Morgan fingerprint density at radius 3 is 1.48 bits per heavy atom.